The maximum atomic E-state index is 6.26. The first-order valence-electron chi connectivity index (χ1n) is 5.74. The number of aromatic nitrogens is 3. The number of hydrogen-bond donors (Lipinski definition) is 1. The van der Waals surface area contributed by atoms with Crippen molar-refractivity contribution >= 4 is 11.3 Å². The zero-order valence-electron chi connectivity index (χ0n) is 10.7. The third-order valence-corrected chi connectivity index (χ3v) is 3.99. The summed E-state index contributed by atoms with van der Waals surface area (Å²) in [5.74, 6) is 0. The van der Waals surface area contributed by atoms with Crippen LogP contribution < -0.4 is 5.73 Å². The van der Waals surface area contributed by atoms with E-state index in [-0.39, 0.29) is 6.04 Å². The lowest BCUT2D eigenvalue weighted by Crippen LogP contribution is -2.12. The first-order valence-corrected chi connectivity index (χ1v) is 6.56. The summed E-state index contributed by atoms with van der Waals surface area (Å²) >= 11 is 1.69. The third-order valence-electron chi connectivity index (χ3n) is 2.90. The van der Waals surface area contributed by atoms with Crippen LogP contribution in [0.4, 0.5) is 0 Å². The van der Waals surface area contributed by atoms with Crippen molar-refractivity contribution in [2.75, 3.05) is 0 Å². The van der Waals surface area contributed by atoms with Gasteiger partial charge in [-0.2, -0.15) is 5.10 Å². The molecule has 0 amide bonds. The molecule has 0 saturated heterocycles. The number of nitrogens with two attached hydrogens (primary N) is 1. The standard InChI is InChI=1S/C12H18N4S/c1-5-10-8(3)17-12(14-10)11(13)9-6-16(4)15-7(9)2/h6,11H,5,13H2,1-4H3. The van der Waals surface area contributed by atoms with Crippen LogP contribution in [0, 0.1) is 13.8 Å². The fraction of sp³-hybridized carbons (Fsp3) is 0.500. The van der Waals surface area contributed by atoms with Crippen LogP contribution in [0.3, 0.4) is 0 Å². The molecule has 0 bridgehead atoms. The van der Waals surface area contributed by atoms with Gasteiger partial charge in [0.15, 0.2) is 0 Å². The Balaban J connectivity index is 2.36. The van der Waals surface area contributed by atoms with Gasteiger partial charge >= 0.3 is 0 Å². The summed E-state index contributed by atoms with van der Waals surface area (Å²) in [5, 5.41) is 5.30. The maximum absolute atomic E-state index is 6.26. The van der Waals surface area contributed by atoms with E-state index in [2.05, 4.69) is 23.9 Å². The monoisotopic (exact) mass is 250 g/mol. The van der Waals surface area contributed by atoms with Crippen LogP contribution in [-0.4, -0.2) is 14.8 Å². The lowest BCUT2D eigenvalue weighted by Gasteiger charge is -2.06. The van der Waals surface area contributed by atoms with Crippen molar-refractivity contribution in [3.63, 3.8) is 0 Å². The van der Waals surface area contributed by atoms with E-state index in [1.807, 2.05) is 20.2 Å². The van der Waals surface area contributed by atoms with Gasteiger partial charge in [0.2, 0.25) is 0 Å². The molecule has 2 aromatic rings. The molecular formula is C12H18N4S. The second-order valence-electron chi connectivity index (χ2n) is 4.23. The molecule has 0 aromatic carbocycles. The highest BCUT2D eigenvalue weighted by molar-refractivity contribution is 7.11. The number of hydrogen-bond acceptors (Lipinski definition) is 4. The zero-order chi connectivity index (χ0) is 12.6. The molecule has 0 spiro atoms. The van der Waals surface area contributed by atoms with E-state index < -0.39 is 0 Å². The third kappa shape index (κ3) is 2.25. The van der Waals surface area contributed by atoms with Crippen molar-refractivity contribution in [3.8, 4) is 0 Å². The fourth-order valence-corrected chi connectivity index (χ4v) is 3.00. The Labute approximate surface area is 105 Å². The smallest absolute Gasteiger partial charge is 0.115 e. The van der Waals surface area contributed by atoms with Gasteiger partial charge in [-0.05, 0) is 20.3 Å². The first-order chi connectivity index (χ1) is 8.02. The Morgan fingerprint density at radius 3 is 2.65 bits per heavy atom. The van der Waals surface area contributed by atoms with E-state index in [1.165, 1.54) is 4.88 Å². The molecule has 0 saturated carbocycles. The number of nitrogens with zero attached hydrogens (tertiary/aromatic N) is 3. The Morgan fingerprint density at radius 1 is 1.47 bits per heavy atom. The van der Waals surface area contributed by atoms with Gasteiger partial charge in [0.05, 0.1) is 17.4 Å². The summed E-state index contributed by atoms with van der Waals surface area (Å²) in [7, 11) is 1.91. The summed E-state index contributed by atoms with van der Waals surface area (Å²) in [5.41, 5.74) is 9.45. The average molecular weight is 250 g/mol. The second-order valence-corrected chi connectivity index (χ2v) is 5.46. The summed E-state index contributed by atoms with van der Waals surface area (Å²) in [4.78, 5) is 5.87. The summed E-state index contributed by atoms with van der Waals surface area (Å²) in [6.07, 6.45) is 2.93. The molecule has 4 nitrogen and oxygen atoms in total. The van der Waals surface area contributed by atoms with Crippen molar-refractivity contribution in [3.05, 3.63) is 33.0 Å². The van der Waals surface area contributed by atoms with E-state index >= 15 is 0 Å². The lowest BCUT2D eigenvalue weighted by molar-refractivity contribution is 0.756. The molecule has 92 valence electrons. The van der Waals surface area contributed by atoms with E-state index in [0.717, 1.165) is 28.4 Å². The van der Waals surface area contributed by atoms with Crippen LogP contribution in [-0.2, 0) is 13.5 Å². The van der Waals surface area contributed by atoms with Crippen LogP contribution in [0.2, 0.25) is 0 Å². The van der Waals surface area contributed by atoms with E-state index in [9.17, 15) is 0 Å². The number of aryl methyl sites for hydroxylation is 4. The molecule has 1 unspecified atom stereocenters. The van der Waals surface area contributed by atoms with E-state index in [1.54, 1.807) is 16.0 Å². The zero-order valence-corrected chi connectivity index (χ0v) is 11.5. The Bertz CT molecular complexity index is 527. The molecule has 0 aliphatic rings. The van der Waals surface area contributed by atoms with Gasteiger partial charge in [0.25, 0.3) is 0 Å². The topological polar surface area (TPSA) is 56.7 Å². The average Bonchev–Trinajstić information content (AvgIpc) is 2.80. The normalized spacial score (nSPS) is 13.0. The Hall–Kier alpha value is -1.20. The van der Waals surface area contributed by atoms with Crippen LogP contribution in [0.5, 0.6) is 0 Å². The van der Waals surface area contributed by atoms with Gasteiger partial charge in [0, 0.05) is 23.7 Å². The molecular weight excluding hydrogens is 232 g/mol. The molecule has 0 fully saturated rings. The van der Waals surface area contributed by atoms with Gasteiger partial charge in [-0.3, -0.25) is 4.68 Å². The van der Waals surface area contributed by atoms with Crippen LogP contribution in [0.15, 0.2) is 6.20 Å². The highest BCUT2D eigenvalue weighted by Crippen LogP contribution is 2.27. The Kier molecular flexibility index (Phi) is 3.31. The summed E-state index contributed by atoms with van der Waals surface area (Å²) < 4.78 is 1.80. The molecule has 2 rings (SSSR count). The van der Waals surface area contributed by atoms with Crippen molar-refractivity contribution in [2.24, 2.45) is 12.8 Å². The predicted octanol–water partition coefficient (Wildman–Crippen LogP) is 2.10. The molecule has 2 heterocycles. The minimum absolute atomic E-state index is 0.160. The van der Waals surface area contributed by atoms with E-state index in [4.69, 9.17) is 5.73 Å². The van der Waals surface area contributed by atoms with E-state index in [0.29, 0.717) is 0 Å². The van der Waals surface area contributed by atoms with Gasteiger partial charge in [0.1, 0.15) is 5.01 Å². The lowest BCUT2D eigenvalue weighted by atomic mass is 10.1. The highest BCUT2D eigenvalue weighted by atomic mass is 32.1. The predicted molar refractivity (Wildman–Crippen MR) is 70.2 cm³/mol. The quantitative estimate of drug-likeness (QED) is 0.907. The number of rotatable bonds is 3. The summed E-state index contributed by atoms with van der Waals surface area (Å²) in [6, 6.07) is -0.160. The van der Waals surface area contributed by atoms with Gasteiger partial charge in [-0.25, -0.2) is 4.98 Å². The van der Waals surface area contributed by atoms with Gasteiger partial charge < -0.3 is 5.73 Å². The fourth-order valence-electron chi connectivity index (χ4n) is 1.97. The van der Waals surface area contributed by atoms with Crippen molar-refractivity contribution in [1.29, 1.82) is 0 Å². The van der Waals surface area contributed by atoms with Gasteiger partial charge in [-0.15, -0.1) is 11.3 Å². The van der Waals surface area contributed by atoms with Crippen molar-refractivity contribution in [2.45, 2.75) is 33.2 Å². The van der Waals surface area contributed by atoms with Crippen molar-refractivity contribution in [1.82, 2.24) is 14.8 Å². The molecule has 0 aliphatic carbocycles. The molecule has 1 atom stereocenters. The largest absolute Gasteiger partial charge is 0.318 e. The van der Waals surface area contributed by atoms with Crippen LogP contribution in [0.25, 0.3) is 0 Å². The van der Waals surface area contributed by atoms with Crippen molar-refractivity contribution < 1.29 is 0 Å². The minimum Gasteiger partial charge on any atom is -0.318 e. The molecule has 2 aromatic heterocycles. The molecule has 5 heteroatoms. The highest BCUT2D eigenvalue weighted by Gasteiger charge is 2.18. The first kappa shape index (κ1) is 12.3. The SMILES string of the molecule is CCc1nc(C(N)c2cn(C)nc2C)sc1C. The maximum Gasteiger partial charge on any atom is 0.115 e. The molecule has 0 aliphatic heterocycles. The molecule has 2 N–H and O–H groups in total. The van der Waals surface area contributed by atoms with Crippen LogP contribution >= 0.6 is 11.3 Å². The second kappa shape index (κ2) is 4.58. The molecule has 17 heavy (non-hydrogen) atoms. The number of thiazole rings is 1. The molecule has 0 radical (unpaired) electrons. The van der Waals surface area contributed by atoms with Crippen LogP contribution in [0.1, 0.15) is 39.8 Å². The summed E-state index contributed by atoms with van der Waals surface area (Å²) in [6.45, 7) is 6.20. The van der Waals surface area contributed by atoms with Gasteiger partial charge in [-0.1, -0.05) is 6.92 Å². The Morgan fingerprint density at radius 2 is 2.18 bits per heavy atom. The minimum atomic E-state index is -0.160.